The van der Waals surface area contributed by atoms with Gasteiger partial charge in [0.05, 0.1) is 13.7 Å². The molecule has 0 atom stereocenters. The number of aromatic nitrogens is 4. The molecule has 2 N–H and O–H groups in total. The summed E-state index contributed by atoms with van der Waals surface area (Å²) in [4.78, 5) is 4.02. The predicted octanol–water partition coefficient (Wildman–Crippen LogP) is 5.13. The predicted molar refractivity (Wildman–Crippen MR) is 122 cm³/mol. The highest BCUT2D eigenvalue weighted by Gasteiger charge is 2.13. The minimum Gasteiger partial charge on any atom is -0.493 e. The van der Waals surface area contributed by atoms with Crippen molar-refractivity contribution in [2.24, 2.45) is 0 Å². The number of hydrogen-bond acceptors (Lipinski definition) is 6. The Hall–Kier alpha value is -3.43. The third-order valence-corrected chi connectivity index (χ3v) is 5.30. The van der Waals surface area contributed by atoms with Crippen LogP contribution in [0.3, 0.4) is 0 Å². The highest BCUT2D eigenvalue weighted by atomic mass is 35.5. The van der Waals surface area contributed by atoms with E-state index in [0.29, 0.717) is 33.7 Å². The van der Waals surface area contributed by atoms with Crippen LogP contribution in [0.25, 0.3) is 11.4 Å². The molecule has 0 spiro atoms. The zero-order valence-electron chi connectivity index (χ0n) is 17.0. The van der Waals surface area contributed by atoms with Crippen LogP contribution < -0.4 is 14.9 Å². The minimum absolute atomic E-state index is 0.254. The number of hydrogen-bond donors (Lipinski definition) is 2. The van der Waals surface area contributed by atoms with Gasteiger partial charge in [-0.15, -0.1) is 0 Å². The lowest BCUT2D eigenvalue weighted by Gasteiger charge is -2.15. The van der Waals surface area contributed by atoms with Gasteiger partial charge in [0.2, 0.25) is 4.77 Å². The molecule has 4 aromatic rings. The maximum Gasteiger partial charge on any atom is 0.214 e. The number of benzene rings is 2. The average Bonchev–Trinajstić information content (AvgIpc) is 3.18. The largest absolute Gasteiger partial charge is 0.493 e. The Bertz CT molecular complexity index is 1260. The molecular weight excluding hydrogens is 453 g/mol. The van der Waals surface area contributed by atoms with Crippen LogP contribution in [0.4, 0.5) is 4.39 Å². The van der Waals surface area contributed by atoms with Gasteiger partial charge < -0.3 is 14.9 Å². The first-order chi connectivity index (χ1) is 15.5. The molecular formula is C22H19ClFN5O2S. The number of methoxy groups -OCH3 is 1. The van der Waals surface area contributed by atoms with Crippen molar-refractivity contribution in [3.8, 4) is 22.9 Å². The van der Waals surface area contributed by atoms with Crippen molar-refractivity contribution in [2.45, 2.75) is 13.2 Å². The van der Waals surface area contributed by atoms with E-state index in [1.54, 1.807) is 48.4 Å². The van der Waals surface area contributed by atoms with E-state index in [2.05, 4.69) is 20.6 Å². The van der Waals surface area contributed by atoms with Crippen LogP contribution in [0, 0.1) is 10.6 Å². The molecule has 164 valence electrons. The summed E-state index contributed by atoms with van der Waals surface area (Å²) >= 11 is 11.9. The van der Waals surface area contributed by atoms with E-state index in [1.807, 2.05) is 12.1 Å². The Balaban J connectivity index is 1.51. The number of aromatic amines is 1. The van der Waals surface area contributed by atoms with Crippen molar-refractivity contribution in [3.05, 3.63) is 87.7 Å². The Morgan fingerprint density at radius 1 is 1.12 bits per heavy atom. The standard InChI is InChI=1S/C22H19ClFN5O2S/c1-30-19-10-16(18(23)11-20(19)31-13-14-2-4-17(24)5-3-14)12-26-29-21(27-28-22(29)32)15-6-8-25-9-7-15/h2-11,26H,12-13H2,1H3,(H,28,32). The fourth-order valence-electron chi connectivity index (χ4n) is 3.03. The molecule has 7 nitrogen and oxygen atoms in total. The number of ether oxygens (including phenoxy) is 2. The van der Waals surface area contributed by atoms with Crippen LogP contribution in [0.5, 0.6) is 11.5 Å². The number of nitrogens with zero attached hydrogens (tertiary/aromatic N) is 3. The van der Waals surface area contributed by atoms with Crippen molar-refractivity contribution in [1.29, 1.82) is 0 Å². The normalized spacial score (nSPS) is 10.7. The Morgan fingerprint density at radius 2 is 1.88 bits per heavy atom. The second-order valence-electron chi connectivity index (χ2n) is 6.77. The molecule has 0 bridgehead atoms. The van der Waals surface area contributed by atoms with Gasteiger partial charge in [0.1, 0.15) is 12.4 Å². The van der Waals surface area contributed by atoms with Crippen LogP contribution in [-0.4, -0.2) is 27.0 Å². The zero-order chi connectivity index (χ0) is 22.5. The molecule has 32 heavy (non-hydrogen) atoms. The number of rotatable bonds is 8. The first kappa shape index (κ1) is 21.8. The van der Waals surface area contributed by atoms with Crippen LogP contribution >= 0.6 is 23.8 Å². The highest BCUT2D eigenvalue weighted by Crippen LogP contribution is 2.34. The minimum atomic E-state index is -0.295. The molecule has 0 aliphatic carbocycles. The van der Waals surface area contributed by atoms with Gasteiger partial charge >= 0.3 is 0 Å². The van der Waals surface area contributed by atoms with Gasteiger partial charge in [0, 0.05) is 29.0 Å². The fourth-order valence-corrected chi connectivity index (χ4v) is 3.45. The quantitative estimate of drug-likeness (QED) is 0.347. The fraction of sp³-hybridized carbons (Fsp3) is 0.136. The molecule has 0 aliphatic rings. The van der Waals surface area contributed by atoms with Gasteiger partial charge in [0.25, 0.3) is 0 Å². The van der Waals surface area contributed by atoms with E-state index in [1.165, 1.54) is 12.1 Å². The number of nitrogens with one attached hydrogen (secondary N) is 2. The third kappa shape index (κ3) is 4.90. The van der Waals surface area contributed by atoms with Gasteiger partial charge in [-0.3, -0.25) is 4.98 Å². The van der Waals surface area contributed by atoms with Crippen LogP contribution in [-0.2, 0) is 13.2 Å². The first-order valence-corrected chi connectivity index (χ1v) is 10.4. The van der Waals surface area contributed by atoms with Gasteiger partial charge in [-0.25, -0.2) is 14.2 Å². The van der Waals surface area contributed by atoms with Crippen molar-refractivity contribution >= 4 is 23.8 Å². The summed E-state index contributed by atoms with van der Waals surface area (Å²) < 4.78 is 26.5. The molecule has 0 saturated carbocycles. The lowest BCUT2D eigenvalue weighted by atomic mass is 10.2. The molecule has 0 saturated heterocycles. The second-order valence-corrected chi connectivity index (χ2v) is 7.56. The molecule has 0 amide bonds. The summed E-state index contributed by atoms with van der Waals surface area (Å²) in [6.07, 6.45) is 3.37. The summed E-state index contributed by atoms with van der Waals surface area (Å²) in [5.74, 6) is 1.34. The topological polar surface area (TPSA) is 77.0 Å². The second kappa shape index (κ2) is 9.80. The molecule has 0 aliphatic heterocycles. The van der Waals surface area contributed by atoms with Gasteiger partial charge in [0.15, 0.2) is 17.3 Å². The van der Waals surface area contributed by atoms with E-state index < -0.39 is 0 Å². The van der Waals surface area contributed by atoms with Crippen molar-refractivity contribution < 1.29 is 13.9 Å². The maximum atomic E-state index is 13.1. The van der Waals surface area contributed by atoms with E-state index in [4.69, 9.17) is 33.3 Å². The molecule has 10 heteroatoms. The van der Waals surface area contributed by atoms with Gasteiger partial charge in [-0.2, -0.15) is 5.10 Å². The van der Waals surface area contributed by atoms with E-state index in [0.717, 1.165) is 16.7 Å². The summed E-state index contributed by atoms with van der Waals surface area (Å²) in [5.41, 5.74) is 5.69. The van der Waals surface area contributed by atoms with Crippen LogP contribution in [0.1, 0.15) is 11.1 Å². The number of H-pyrrole nitrogens is 1. The molecule has 0 unspecified atom stereocenters. The van der Waals surface area contributed by atoms with Crippen LogP contribution in [0.2, 0.25) is 5.02 Å². The third-order valence-electron chi connectivity index (χ3n) is 4.68. The summed E-state index contributed by atoms with van der Waals surface area (Å²) in [6.45, 7) is 0.614. The van der Waals surface area contributed by atoms with Gasteiger partial charge in [-0.05, 0) is 53.7 Å². The average molecular weight is 472 g/mol. The lowest BCUT2D eigenvalue weighted by Crippen LogP contribution is -2.16. The highest BCUT2D eigenvalue weighted by molar-refractivity contribution is 7.71. The molecule has 2 aromatic carbocycles. The molecule has 4 rings (SSSR count). The first-order valence-electron chi connectivity index (χ1n) is 9.60. The van der Waals surface area contributed by atoms with Crippen molar-refractivity contribution in [1.82, 2.24) is 19.9 Å². The van der Waals surface area contributed by atoms with Gasteiger partial charge in [-0.1, -0.05) is 23.7 Å². The Labute approximate surface area is 193 Å². The Kier molecular flexibility index (Phi) is 6.67. The monoisotopic (exact) mass is 471 g/mol. The Morgan fingerprint density at radius 3 is 2.59 bits per heavy atom. The van der Waals surface area contributed by atoms with E-state index in [9.17, 15) is 4.39 Å². The molecule has 0 radical (unpaired) electrons. The molecule has 0 fully saturated rings. The zero-order valence-corrected chi connectivity index (χ0v) is 18.6. The maximum absolute atomic E-state index is 13.1. The van der Waals surface area contributed by atoms with Crippen LogP contribution in [0.15, 0.2) is 60.9 Å². The van der Waals surface area contributed by atoms with E-state index >= 15 is 0 Å². The van der Waals surface area contributed by atoms with Crippen molar-refractivity contribution in [3.63, 3.8) is 0 Å². The molecule has 2 heterocycles. The van der Waals surface area contributed by atoms with E-state index in [-0.39, 0.29) is 12.4 Å². The molecule has 2 aromatic heterocycles. The summed E-state index contributed by atoms with van der Waals surface area (Å²) in [6, 6.07) is 13.3. The SMILES string of the molecule is COc1cc(CNn2c(-c3ccncc3)n[nH]c2=S)c(Cl)cc1OCc1ccc(F)cc1. The van der Waals surface area contributed by atoms with Crippen molar-refractivity contribution in [2.75, 3.05) is 12.5 Å². The summed E-state index contributed by atoms with van der Waals surface area (Å²) in [7, 11) is 1.55. The lowest BCUT2D eigenvalue weighted by molar-refractivity contribution is 0.284. The summed E-state index contributed by atoms with van der Waals surface area (Å²) in [5, 5.41) is 7.56. The number of halogens is 2. The smallest absolute Gasteiger partial charge is 0.214 e. The number of pyridine rings is 1.